The topological polar surface area (TPSA) is 583 Å². The summed E-state index contributed by atoms with van der Waals surface area (Å²) in [5.41, 5.74) is 22.9. The number of nitrogens with one attached hydrogen (secondary N) is 9. The highest BCUT2D eigenvalue weighted by atomic mass is 16.5. The van der Waals surface area contributed by atoms with Gasteiger partial charge in [-0.15, -0.1) is 0 Å². The van der Waals surface area contributed by atoms with Crippen molar-refractivity contribution in [3.63, 3.8) is 0 Å². The second kappa shape index (κ2) is 42.2. The van der Waals surface area contributed by atoms with E-state index in [9.17, 15) is 82.8 Å². The SMILES string of the molecule is COCC1NC(=O)C(NC(=O)C(NC(=O)C(NC(=O)C(NC(=O)C(NC(=O)CC(O)C=CC(C)CC(C)C)C(O)C(N)=O)C(C)O)C(C)N)C(C)C(C)C(N)=O)C(C)OC(=O)C(C)N(C)C(=O)C(C(OC)c2ccc(O)cc2)NC(=O)C(CCC(N)=O)N(C)C(=O)C(CC(C)C)NC(=O)CNC1=O. The van der Waals surface area contributed by atoms with Gasteiger partial charge in [0.1, 0.15) is 78.4 Å². The number of amides is 14. The number of aliphatic hydroxyl groups excluding tert-OH is 3. The molecule has 1 aromatic rings. The standard InChI is InChI=1S/C66H107N15O22/c1-29(2)24-31(5)16-19-40(84)26-45(86)74-51(53(88)56(70)90)63(97)77-49(36(10)82)61(95)76-48(34(8)67)60(94)75-47(32(6)33(7)55(69)89)59(93)78-50-37(11)103-66(100)35(9)80(12)65(99)52(54(102-15)38-17-20-39(83)21-18-38)79-58(92)43(22-23-44(68)85)81(13)64(98)41(25-30(3)4)72-46(87)27-71-57(91)42(28-101-14)73-62(50)96/h16-21,29-37,40-43,47-54,82-84,88H,22-28,67H2,1-15H3,(H2,68,85)(H2,69,89)(H2,70,90)(H,71,91)(H,72,87)(H,73,96)(H,74,86)(H,75,94)(H,76,95)(H,77,97)(H,78,93)(H,79,92). The molecule has 14 amide bonds. The summed E-state index contributed by atoms with van der Waals surface area (Å²) in [5.74, 6) is -20.7. The van der Waals surface area contributed by atoms with E-state index in [1.165, 1.54) is 72.2 Å². The van der Waals surface area contributed by atoms with E-state index in [1.54, 1.807) is 19.9 Å². The zero-order chi connectivity index (χ0) is 78.8. The van der Waals surface area contributed by atoms with Crippen molar-refractivity contribution in [2.75, 3.05) is 41.5 Å². The van der Waals surface area contributed by atoms with Crippen LogP contribution in [-0.4, -0.2) is 251 Å². The molecule has 1 aliphatic heterocycles. The molecule has 1 fully saturated rings. The maximum atomic E-state index is 15.0. The van der Waals surface area contributed by atoms with Gasteiger partial charge in [0.05, 0.1) is 31.8 Å². The van der Waals surface area contributed by atoms with E-state index < -0.39 is 230 Å². The third-order valence-corrected chi connectivity index (χ3v) is 17.1. The van der Waals surface area contributed by atoms with Gasteiger partial charge in [-0.1, -0.05) is 72.8 Å². The van der Waals surface area contributed by atoms with E-state index in [-0.39, 0.29) is 29.6 Å². The van der Waals surface area contributed by atoms with Gasteiger partial charge in [-0.05, 0) is 88.3 Å². The van der Waals surface area contributed by atoms with Gasteiger partial charge in [0.25, 0.3) is 0 Å². The van der Waals surface area contributed by atoms with Crippen LogP contribution < -0.4 is 70.8 Å². The maximum absolute atomic E-state index is 15.0. The molecule has 37 heteroatoms. The first-order chi connectivity index (χ1) is 47.9. The number of ether oxygens (including phenoxy) is 3. The molecule has 1 aromatic carbocycles. The number of rotatable bonds is 32. The van der Waals surface area contributed by atoms with Crippen LogP contribution in [0, 0.1) is 29.6 Å². The van der Waals surface area contributed by atoms with Gasteiger partial charge in [0, 0.05) is 46.7 Å². The number of nitrogens with zero attached hydrogens (tertiary/aromatic N) is 2. The van der Waals surface area contributed by atoms with Crippen LogP contribution >= 0.6 is 0 Å². The molecule has 0 aliphatic carbocycles. The van der Waals surface area contributed by atoms with E-state index in [0.29, 0.717) is 5.92 Å². The van der Waals surface area contributed by atoms with Crippen molar-refractivity contribution in [2.45, 2.75) is 205 Å². The largest absolute Gasteiger partial charge is 0.508 e. The fourth-order valence-electron chi connectivity index (χ4n) is 10.9. The van der Waals surface area contributed by atoms with Gasteiger partial charge in [-0.2, -0.15) is 0 Å². The van der Waals surface area contributed by atoms with E-state index >= 15 is 9.59 Å². The molecule has 0 radical (unpaired) electrons. The number of phenols is 1. The lowest BCUT2D eigenvalue weighted by molar-refractivity contribution is -0.161. The van der Waals surface area contributed by atoms with E-state index in [1.807, 2.05) is 20.8 Å². The maximum Gasteiger partial charge on any atom is 0.328 e. The molecular weight excluding hydrogens is 1350 g/mol. The van der Waals surface area contributed by atoms with Gasteiger partial charge in [-0.25, -0.2) is 4.79 Å². The monoisotopic (exact) mass is 1460 g/mol. The number of hydrogen-bond acceptors (Lipinski definition) is 23. The second-order valence-electron chi connectivity index (χ2n) is 26.7. The van der Waals surface area contributed by atoms with Crippen molar-refractivity contribution in [2.24, 2.45) is 52.5 Å². The van der Waals surface area contributed by atoms with Gasteiger partial charge < -0.3 is 115 Å². The van der Waals surface area contributed by atoms with Gasteiger partial charge in [-0.3, -0.25) is 67.1 Å². The van der Waals surface area contributed by atoms with Gasteiger partial charge >= 0.3 is 5.97 Å². The molecule has 1 heterocycles. The number of carbonyl (C=O) groups is 15. The molecule has 0 aromatic heterocycles. The van der Waals surface area contributed by atoms with E-state index in [0.717, 1.165) is 44.2 Å². The minimum Gasteiger partial charge on any atom is -0.508 e. The summed E-state index contributed by atoms with van der Waals surface area (Å²) in [6, 6.07) is -15.0. The summed E-state index contributed by atoms with van der Waals surface area (Å²) in [6.07, 6.45) is -6.96. The minimum absolute atomic E-state index is 0.00428. The Hall–Kier alpha value is -9.43. The molecule has 0 spiro atoms. The Morgan fingerprint density at radius 3 is 1.78 bits per heavy atom. The third-order valence-electron chi connectivity index (χ3n) is 17.1. The highest BCUT2D eigenvalue weighted by Gasteiger charge is 2.45. The van der Waals surface area contributed by atoms with Crippen molar-refractivity contribution in [3.05, 3.63) is 42.0 Å². The molecule has 0 saturated carbocycles. The number of carbonyl (C=O) groups excluding carboxylic acids is 15. The number of aliphatic hydroxyl groups is 3. The number of aromatic hydroxyl groups is 1. The summed E-state index contributed by atoms with van der Waals surface area (Å²) in [7, 11) is 4.62. The molecule has 37 nitrogen and oxygen atoms in total. The summed E-state index contributed by atoms with van der Waals surface area (Å²) >= 11 is 0. The summed E-state index contributed by atoms with van der Waals surface area (Å²) < 4.78 is 16.8. The van der Waals surface area contributed by atoms with Crippen LogP contribution in [0.15, 0.2) is 36.4 Å². The molecule has 19 atom stereocenters. The molecular formula is C66H107N15O22. The lowest BCUT2D eigenvalue weighted by Crippen LogP contribution is -2.66. The molecule has 1 aliphatic rings. The number of likely N-dealkylation sites (N-methyl/N-ethyl adjacent to an activating group) is 2. The van der Waals surface area contributed by atoms with Gasteiger partial charge in [0.2, 0.25) is 82.7 Å². The number of phenolic OH excluding ortho intramolecular Hbond substituents is 1. The summed E-state index contributed by atoms with van der Waals surface area (Å²) in [4.78, 5) is 211. The van der Waals surface area contributed by atoms with Crippen LogP contribution in [0.5, 0.6) is 5.75 Å². The number of esters is 1. The fourth-order valence-corrected chi connectivity index (χ4v) is 10.9. The molecule has 19 unspecified atom stereocenters. The Morgan fingerprint density at radius 2 is 1.25 bits per heavy atom. The minimum atomic E-state index is -2.46. The molecule has 0 bridgehead atoms. The van der Waals surface area contributed by atoms with Crippen LogP contribution in [0.25, 0.3) is 0 Å². The quantitative estimate of drug-likeness (QED) is 0.0236. The number of methoxy groups -OCH3 is 2. The zero-order valence-corrected chi connectivity index (χ0v) is 60.9. The normalized spacial score (nSPS) is 22.9. The Balaban J connectivity index is 2.85. The smallest absolute Gasteiger partial charge is 0.328 e. The Bertz CT molecular complexity index is 3170. The first-order valence-corrected chi connectivity index (χ1v) is 33.5. The first kappa shape index (κ1) is 89.7. The lowest BCUT2D eigenvalue weighted by atomic mass is 9.87. The van der Waals surface area contributed by atoms with Crippen molar-refractivity contribution >= 4 is 88.7 Å². The predicted octanol–water partition coefficient (Wildman–Crippen LogP) is -6.03. The number of primary amides is 3. The summed E-state index contributed by atoms with van der Waals surface area (Å²) in [6.45, 7) is 14.7. The van der Waals surface area contributed by atoms with Crippen LogP contribution in [0.4, 0.5) is 0 Å². The Kier molecular flexibility index (Phi) is 36.8. The molecule has 103 heavy (non-hydrogen) atoms. The zero-order valence-electron chi connectivity index (χ0n) is 60.9. The van der Waals surface area contributed by atoms with Gasteiger partial charge in [0.15, 0.2) is 6.10 Å². The van der Waals surface area contributed by atoms with Crippen molar-refractivity contribution in [1.29, 1.82) is 0 Å². The Morgan fingerprint density at radius 1 is 0.680 bits per heavy atom. The second-order valence-corrected chi connectivity index (χ2v) is 26.7. The van der Waals surface area contributed by atoms with Crippen LogP contribution in [0.3, 0.4) is 0 Å². The molecule has 578 valence electrons. The van der Waals surface area contributed by atoms with Crippen LogP contribution in [0.2, 0.25) is 0 Å². The van der Waals surface area contributed by atoms with E-state index in [2.05, 4.69) is 47.9 Å². The number of hydrogen-bond donors (Lipinski definition) is 17. The van der Waals surface area contributed by atoms with Crippen LogP contribution in [0.1, 0.15) is 120 Å². The number of cyclic esters (lactones) is 1. The molecule has 2 rings (SSSR count). The summed E-state index contributed by atoms with van der Waals surface area (Å²) in [5, 5.41) is 63.3. The van der Waals surface area contributed by atoms with Crippen molar-refractivity contribution < 1.29 is 107 Å². The molecule has 21 N–H and O–H groups in total. The van der Waals surface area contributed by atoms with Crippen molar-refractivity contribution in [1.82, 2.24) is 57.7 Å². The fraction of sp³-hybridized carbons (Fsp3) is 0.652. The van der Waals surface area contributed by atoms with E-state index in [4.69, 9.17) is 37.1 Å². The average molecular weight is 1460 g/mol. The first-order valence-electron chi connectivity index (χ1n) is 33.5. The van der Waals surface area contributed by atoms with Crippen molar-refractivity contribution in [3.8, 4) is 5.75 Å². The third kappa shape index (κ3) is 28.0. The lowest BCUT2D eigenvalue weighted by Gasteiger charge is -2.36. The highest BCUT2D eigenvalue weighted by Crippen LogP contribution is 2.27. The highest BCUT2D eigenvalue weighted by molar-refractivity contribution is 6.01. The number of nitrogens with two attached hydrogens (primary N) is 4. The van der Waals surface area contributed by atoms with Crippen LogP contribution in [-0.2, 0) is 86.1 Å². The average Bonchev–Trinajstić information content (AvgIpc) is 0.836. The predicted molar refractivity (Wildman–Crippen MR) is 367 cm³/mol. The number of benzene rings is 1. The molecule has 1 saturated heterocycles. The Labute approximate surface area is 597 Å². The number of allylic oxidation sites excluding steroid dienone is 1.